The van der Waals surface area contributed by atoms with Gasteiger partial charge in [-0.25, -0.2) is 0 Å². The molecule has 0 aromatic rings. The number of unbranched alkanes of at least 4 members (excludes halogenated alkanes) is 14. The van der Waals surface area contributed by atoms with E-state index < -0.39 is 0 Å². The maximum absolute atomic E-state index is 2.66. The van der Waals surface area contributed by atoms with Crippen LogP contribution < -0.4 is 0 Å². The molecule has 1 unspecified atom stereocenters. The standard InChI is InChI=1S/C26H52N2/c1-4-7-10-13-15-18-21-26-27(22-19-16-12-9-6-3)24-25-28(26)23-20-17-14-11-8-5-2/h24-26H,4-23H2,1-3H3. The van der Waals surface area contributed by atoms with Crippen molar-refractivity contribution >= 4 is 0 Å². The van der Waals surface area contributed by atoms with Crippen molar-refractivity contribution in [3.8, 4) is 0 Å². The van der Waals surface area contributed by atoms with Crippen LogP contribution >= 0.6 is 0 Å². The van der Waals surface area contributed by atoms with E-state index in [1.54, 1.807) is 0 Å². The SMILES string of the molecule is CCCCCCCCC1N(CCCCCCC)C=CN1CCCCCCCC. The lowest BCUT2D eigenvalue weighted by atomic mass is 10.1. The van der Waals surface area contributed by atoms with Crippen molar-refractivity contribution in [2.75, 3.05) is 13.1 Å². The quantitative estimate of drug-likeness (QED) is 0.192. The van der Waals surface area contributed by atoms with Gasteiger partial charge in [-0.3, -0.25) is 0 Å². The molecule has 0 N–H and O–H groups in total. The second kappa shape index (κ2) is 18.4. The van der Waals surface area contributed by atoms with Crippen molar-refractivity contribution in [3.05, 3.63) is 12.4 Å². The summed E-state index contributed by atoms with van der Waals surface area (Å²) in [4.78, 5) is 5.33. The highest BCUT2D eigenvalue weighted by molar-refractivity contribution is 4.97. The van der Waals surface area contributed by atoms with Crippen molar-refractivity contribution in [3.63, 3.8) is 0 Å². The van der Waals surface area contributed by atoms with E-state index in [-0.39, 0.29) is 0 Å². The fourth-order valence-electron chi connectivity index (χ4n) is 4.42. The highest BCUT2D eigenvalue weighted by atomic mass is 15.4. The molecule has 1 heterocycles. The molecule has 1 atom stereocenters. The van der Waals surface area contributed by atoms with Crippen LogP contribution in [0.3, 0.4) is 0 Å². The Labute approximate surface area is 178 Å². The molecule has 1 rings (SSSR count). The van der Waals surface area contributed by atoms with Gasteiger partial charge < -0.3 is 9.80 Å². The van der Waals surface area contributed by atoms with E-state index in [4.69, 9.17) is 0 Å². The van der Waals surface area contributed by atoms with Gasteiger partial charge in [-0.1, -0.05) is 111 Å². The largest absolute Gasteiger partial charge is 0.356 e. The molecule has 2 heteroatoms. The van der Waals surface area contributed by atoms with Crippen LogP contribution in [0.15, 0.2) is 12.4 Å². The molecule has 0 saturated carbocycles. The van der Waals surface area contributed by atoms with Gasteiger partial charge in [-0.2, -0.15) is 0 Å². The Hall–Kier alpha value is -0.660. The summed E-state index contributed by atoms with van der Waals surface area (Å²) in [6.45, 7) is 9.44. The zero-order valence-corrected chi connectivity index (χ0v) is 19.8. The summed E-state index contributed by atoms with van der Waals surface area (Å²) in [5, 5.41) is 0. The van der Waals surface area contributed by atoms with Crippen molar-refractivity contribution in [1.82, 2.24) is 9.80 Å². The van der Waals surface area contributed by atoms with Crippen LogP contribution in [0.1, 0.15) is 136 Å². The summed E-state index contributed by atoms with van der Waals surface area (Å²) >= 11 is 0. The van der Waals surface area contributed by atoms with Crippen LogP contribution in [0, 0.1) is 0 Å². The summed E-state index contributed by atoms with van der Waals surface area (Å²) in [7, 11) is 0. The lowest BCUT2D eigenvalue weighted by Gasteiger charge is -2.33. The first-order valence-corrected chi connectivity index (χ1v) is 13.0. The van der Waals surface area contributed by atoms with Crippen molar-refractivity contribution < 1.29 is 0 Å². The molecule has 0 fully saturated rings. The molecule has 2 nitrogen and oxygen atoms in total. The van der Waals surface area contributed by atoms with Crippen molar-refractivity contribution in [1.29, 1.82) is 0 Å². The van der Waals surface area contributed by atoms with Crippen molar-refractivity contribution in [2.24, 2.45) is 0 Å². The molecule has 0 amide bonds. The summed E-state index contributed by atoms with van der Waals surface area (Å²) in [5.41, 5.74) is 0. The summed E-state index contributed by atoms with van der Waals surface area (Å²) < 4.78 is 0. The van der Waals surface area contributed by atoms with E-state index in [2.05, 4.69) is 43.0 Å². The third-order valence-electron chi connectivity index (χ3n) is 6.32. The third-order valence-corrected chi connectivity index (χ3v) is 6.32. The number of hydrogen-bond acceptors (Lipinski definition) is 2. The molecule has 0 spiro atoms. The molecule has 0 aliphatic carbocycles. The van der Waals surface area contributed by atoms with Gasteiger partial charge in [0.15, 0.2) is 0 Å². The minimum Gasteiger partial charge on any atom is -0.356 e. The number of rotatable bonds is 20. The predicted octanol–water partition coefficient (Wildman–Crippen LogP) is 8.48. The third kappa shape index (κ3) is 12.0. The van der Waals surface area contributed by atoms with E-state index in [1.165, 1.54) is 129 Å². The fraction of sp³-hybridized carbons (Fsp3) is 0.923. The molecule has 0 saturated heterocycles. The minimum atomic E-state index is 0.646. The first kappa shape index (κ1) is 25.4. The molecule has 1 aliphatic rings. The van der Waals surface area contributed by atoms with E-state index in [0.717, 1.165) is 0 Å². The zero-order chi connectivity index (χ0) is 20.3. The summed E-state index contributed by atoms with van der Waals surface area (Å²) in [5.74, 6) is 0. The lowest BCUT2D eigenvalue weighted by Crippen LogP contribution is -2.39. The normalized spacial score (nSPS) is 16.5. The zero-order valence-electron chi connectivity index (χ0n) is 19.8. The molecule has 0 aromatic carbocycles. The van der Waals surface area contributed by atoms with Crippen LogP contribution in [0.25, 0.3) is 0 Å². The monoisotopic (exact) mass is 392 g/mol. The summed E-state index contributed by atoms with van der Waals surface area (Å²) in [6.07, 6.45) is 30.6. The topological polar surface area (TPSA) is 6.48 Å². The average Bonchev–Trinajstić information content (AvgIpc) is 3.09. The second-order valence-electron chi connectivity index (χ2n) is 8.99. The Morgan fingerprint density at radius 1 is 0.464 bits per heavy atom. The van der Waals surface area contributed by atoms with Crippen LogP contribution in [0.2, 0.25) is 0 Å². The first-order chi connectivity index (χ1) is 13.8. The molecule has 0 radical (unpaired) electrons. The Kier molecular flexibility index (Phi) is 16.7. The molecule has 1 aliphatic heterocycles. The van der Waals surface area contributed by atoms with E-state index in [1.807, 2.05) is 0 Å². The van der Waals surface area contributed by atoms with E-state index in [0.29, 0.717) is 6.17 Å². The Morgan fingerprint density at radius 3 is 1.25 bits per heavy atom. The maximum Gasteiger partial charge on any atom is 0.101 e. The average molecular weight is 393 g/mol. The second-order valence-corrected chi connectivity index (χ2v) is 8.99. The van der Waals surface area contributed by atoms with Gasteiger partial charge in [0.05, 0.1) is 0 Å². The molecular formula is C26H52N2. The number of hydrogen-bond donors (Lipinski definition) is 0. The van der Waals surface area contributed by atoms with Gasteiger partial charge >= 0.3 is 0 Å². The van der Waals surface area contributed by atoms with Gasteiger partial charge in [0.2, 0.25) is 0 Å². The molecule has 28 heavy (non-hydrogen) atoms. The van der Waals surface area contributed by atoms with E-state index >= 15 is 0 Å². The first-order valence-electron chi connectivity index (χ1n) is 13.0. The molecule has 0 aromatic heterocycles. The van der Waals surface area contributed by atoms with Crippen LogP contribution in [0.4, 0.5) is 0 Å². The fourth-order valence-corrected chi connectivity index (χ4v) is 4.42. The van der Waals surface area contributed by atoms with Gasteiger partial charge in [0.1, 0.15) is 6.17 Å². The molecule has 0 bridgehead atoms. The van der Waals surface area contributed by atoms with Crippen LogP contribution in [-0.4, -0.2) is 29.1 Å². The Bertz CT molecular complexity index is 352. The van der Waals surface area contributed by atoms with E-state index in [9.17, 15) is 0 Å². The smallest absolute Gasteiger partial charge is 0.101 e. The predicted molar refractivity (Wildman–Crippen MR) is 126 cm³/mol. The maximum atomic E-state index is 2.66. The van der Waals surface area contributed by atoms with Gasteiger partial charge in [-0.05, 0) is 25.7 Å². The van der Waals surface area contributed by atoms with Crippen molar-refractivity contribution in [2.45, 2.75) is 143 Å². The number of nitrogens with zero attached hydrogens (tertiary/aromatic N) is 2. The summed E-state index contributed by atoms with van der Waals surface area (Å²) in [6, 6.07) is 0. The minimum absolute atomic E-state index is 0.646. The van der Waals surface area contributed by atoms with Crippen LogP contribution in [0.5, 0.6) is 0 Å². The lowest BCUT2D eigenvalue weighted by molar-refractivity contribution is 0.135. The molecular weight excluding hydrogens is 340 g/mol. The molecule has 166 valence electrons. The highest BCUT2D eigenvalue weighted by Gasteiger charge is 2.24. The van der Waals surface area contributed by atoms with Gasteiger partial charge in [-0.15, -0.1) is 0 Å². The Balaban J connectivity index is 2.32. The Morgan fingerprint density at radius 2 is 0.821 bits per heavy atom. The van der Waals surface area contributed by atoms with Gasteiger partial charge in [0.25, 0.3) is 0 Å². The highest BCUT2D eigenvalue weighted by Crippen LogP contribution is 2.23. The van der Waals surface area contributed by atoms with Crippen LogP contribution in [-0.2, 0) is 0 Å². The van der Waals surface area contributed by atoms with Gasteiger partial charge in [0, 0.05) is 25.5 Å².